The molecule has 0 spiro atoms. The fourth-order valence-corrected chi connectivity index (χ4v) is 2.69. The van der Waals surface area contributed by atoms with Crippen LogP contribution in [0.5, 0.6) is 0 Å². The van der Waals surface area contributed by atoms with Crippen molar-refractivity contribution in [3.05, 3.63) is 30.3 Å². The zero-order chi connectivity index (χ0) is 15.1. The van der Waals surface area contributed by atoms with Crippen LogP contribution in [0.3, 0.4) is 0 Å². The Hall–Kier alpha value is -2.02. The first-order valence-electron chi connectivity index (χ1n) is 6.71. The third kappa shape index (κ3) is 5.11. The molecule has 0 radical (unpaired) electrons. The van der Waals surface area contributed by atoms with Gasteiger partial charge in [-0.25, -0.2) is 4.79 Å². The second-order valence-electron chi connectivity index (χ2n) is 4.57. The summed E-state index contributed by atoms with van der Waals surface area (Å²) in [5.41, 5.74) is 0. The predicted octanol–water partition coefficient (Wildman–Crippen LogP) is 0.883. The molecule has 1 aliphatic rings. The van der Waals surface area contributed by atoms with E-state index in [1.165, 1.54) is 0 Å². The molecule has 1 aromatic carbocycles. The zero-order valence-corrected chi connectivity index (χ0v) is 12.2. The fraction of sp³-hybridized carbons (Fsp3) is 0.357. The number of hydrogen-bond donors (Lipinski definition) is 3. The summed E-state index contributed by atoms with van der Waals surface area (Å²) in [5, 5.41) is 7.40. The first-order chi connectivity index (χ1) is 10.1. The van der Waals surface area contributed by atoms with Crippen LogP contribution < -0.4 is 16.0 Å². The molecule has 4 amide bonds. The molecule has 7 heteroatoms. The Kier molecular flexibility index (Phi) is 5.62. The van der Waals surface area contributed by atoms with Gasteiger partial charge in [-0.15, -0.1) is 11.8 Å². The highest BCUT2D eigenvalue weighted by Gasteiger charge is 2.29. The number of carbonyl (C=O) groups is 3. The Labute approximate surface area is 127 Å². The molecule has 1 fully saturated rings. The number of benzene rings is 1. The minimum atomic E-state index is -0.595. The smallest absolute Gasteiger partial charge is 0.322 e. The molecule has 0 bridgehead atoms. The van der Waals surface area contributed by atoms with Crippen LogP contribution in [0, 0.1) is 0 Å². The molecule has 21 heavy (non-hydrogen) atoms. The standard InChI is InChI=1S/C14H17N3O3S/c18-12(7-6-11-13(19)17-14(20)16-11)15-8-9-21-10-4-2-1-3-5-10/h1-5,11H,6-9H2,(H,15,18)(H2,16,17,19,20)/t11-/m0/s1. The molecule has 1 heterocycles. The highest BCUT2D eigenvalue weighted by atomic mass is 32.2. The number of carbonyl (C=O) groups excluding carboxylic acids is 3. The fourth-order valence-electron chi connectivity index (χ4n) is 1.90. The Bertz CT molecular complexity index is 521. The lowest BCUT2D eigenvalue weighted by molar-refractivity contribution is -0.122. The van der Waals surface area contributed by atoms with Gasteiger partial charge in [0.15, 0.2) is 0 Å². The van der Waals surface area contributed by atoms with E-state index >= 15 is 0 Å². The van der Waals surface area contributed by atoms with Crippen molar-refractivity contribution < 1.29 is 14.4 Å². The quantitative estimate of drug-likeness (QED) is 0.396. The molecule has 0 aliphatic carbocycles. The second kappa shape index (κ2) is 7.68. The molecule has 0 saturated carbocycles. The molecule has 1 atom stereocenters. The van der Waals surface area contributed by atoms with Crippen molar-refractivity contribution in [2.24, 2.45) is 0 Å². The SMILES string of the molecule is O=C(CC[C@@H]1NC(=O)NC1=O)NCCSc1ccccc1. The van der Waals surface area contributed by atoms with Crippen molar-refractivity contribution in [2.45, 2.75) is 23.8 Å². The van der Waals surface area contributed by atoms with Crippen LogP contribution in [0.25, 0.3) is 0 Å². The zero-order valence-electron chi connectivity index (χ0n) is 11.4. The molecular formula is C14H17N3O3S. The Balaban J connectivity index is 1.58. The van der Waals surface area contributed by atoms with Crippen LogP contribution >= 0.6 is 11.8 Å². The normalized spacial score (nSPS) is 17.2. The van der Waals surface area contributed by atoms with Gasteiger partial charge in [0.2, 0.25) is 5.91 Å². The maximum Gasteiger partial charge on any atom is 0.322 e. The maximum atomic E-state index is 11.6. The third-order valence-electron chi connectivity index (χ3n) is 2.95. The highest BCUT2D eigenvalue weighted by molar-refractivity contribution is 7.99. The lowest BCUT2D eigenvalue weighted by Gasteiger charge is -2.08. The average Bonchev–Trinajstić information content (AvgIpc) is 2.80. The van der Waals surface area contributed by atoms with Gasteiger partial charge in [0.1, 0.15) is 6.04 Å². The van der Waals surface area contributed by atoms with Crippen LogP contribution in [-0.4, -0.2) is 36.2 Å². The summed E-state index contributed by atoms with van der Waals surface area (Å²) in [6.45, 7) is 0.571. The van der Waals surface area contributed by atoms with Crippen molar-refractivity contribution >= 4 is 29.6 Å². The molecule has 1 saturated heterocycles. The second-order valence-corrected chi connectivity index (χ2v) is 5.73. The topological polar surface area (TPSA) is 87.3 Å². The van der Waals surface area contributed by atoms with Gasteiger partial charge in [0.05, 0.1) is 0 Å². The Morgan fingerprint density at radius 1 is 1.24 bits per heavy atom. The van der Waals surface area contributed by atoms with Crippen LogP contribution in [-0.2, 0) is 9.59 Å². The predicted molar refractivity (Wildman–Crippen MR) is 79.9 cm³/mol. The lowest BCUT2D eigenvalue weighted by Crippen LogP contribution is -2.32. The van der Waals surface area contributed by atoms with E-state index in [9.17, 15) is 14.4 Å². The molecule has 1 aromatic rings. The Morgan fingerprint density at radius 2 is 2.00 bits per heavy atom. The van der Waals surface area contributed by atoms with Gasteiger partial charge in [0.25, 0.3) is 5.91 Å². The van der Waals surface area contributed by atoms with E-state index in [-0.39, 0.29) is 18.2 Å². The number of urea groups is 1. The Morgan fingerprint density at radius 3 is 2.67 bits per heavy atom. The minimum absolute atomic E-state index is 0.113. The van der Waals surface area contributed by atoms with E-state index in [4.69, 9.17) is 0 Å². The molecule has 3 N–H and O–H groups in total. The van der Waals surface area contributed by atoms with E-state index in [0.717, 1.165) is 10.6 Å². The number of hydrogen-bond acceptors (Lipinski definition) is 4. The summed E-state index contributed by atoms with van der Waals surface area (Å²) >= 11 is 1.67. The minimum Gasteiger partial charge on any atom is -0.355 e. The molecule has 2 rings (SSSR count). The molecule has 6 nitrogen and oxygen atoms in total. The average molecular weight is 307 g/mol. The molecule has 0 aromatic heterocycles. The van der Waals surface area contributed by atoms with Gasteiger partial charge in [0, 0.05) is 23.6 Å². The largest absolute Gasteiger partial charge is 0.355 e. The summed E-state index contributed by atoms with van der Waals surface area (Å²) in [6.07, 6.45) is 0.531. The lowest BCUT2D eigenvalue weighted by atomic mass is 10.1. The number of thioether (sulfide) groups is 1. The van der Waals surface area contributed by atoms with Gasteiger partial charge >= 0.3 is 6.03 Å². The van der Waals surface area contributed by atoms with E-state index in [1.54, 1.807) is 11.8 Å². The summed E-state index contributed by atoms with van der Waals surface area (Å²) in [4.78, 5) is 35.0. The van der Waals surface area contributed by atoms with Gasteiger partial charge in [-0.3, -0.25) is 14.9 Å². The summed E-state index contributed by atoms with van der Waals surface area (Å²) < 4.78 is 0. The van der Waals surface area contributed by atoms with Gasteiger partial charge in [-0.2, -0.15) is 0 Å². The number of nitrogens with one attached hydrogen (secondary N) is 3. The first-order valence-corrected chi connectivity index (χ1v) is 7.69. The van der Waals surface area contributed by atoms with Gasteiger partial charge in [-0.05, 0) is 18.6 Å². The van der Waals surface area contributed by atoms with Crippen LogP contribution in [0.1, 0.15) is 12.8 Å². The summed E-state index contributed by atoms with van der Waals surface area (Å²) in [7, 11) is 0. The monoisotopic (exact) mass is 307 g/mol. The van der Waals surface area contributed by atoms with E-state index in [1.807, 2.05) is 30.3 Å². The van der Waals surface area contributed by atoms with Gasteiger partial charge < -0.3 is 10.6 Å². The molecular weight excluding hydrogens is 290 g/mol. The molecule has 0 unspecified atom stereocenters. The van der Waals surface area contributed by atoms with Gasteiger partial charge in [-0.1, -0.05) is 18.2 Å². The van der Waals surface area contributed by atoms with Crippen LogP contribution in [0.15, 0.2) is 35.2 Å². The number of imide groups is 1. The van der Waals surface area contributed by atoms with Crippen molar-refractivity contribution in [3.8, 4) is 0 Å². The molecule has 112 valence electrons. The van der Waals surface area contributed by atoms with E-state index in [2.05, 4.69) is 16.0 Å². The van der Waals surface area contributed by atoms with Crippen LogP contribution in [0.2, 0.25) is 0 Å². The third-order valence-corrected chi connectivity index (χ3v) is 3.97. The highest BCUT2D eigenvalue weighted by Crippen LogP contribution is 2.15. The first kappa shape index (κ1) is 15.4. The van der Waals surface area contributed by atoms with E-state index in [0.29, 0.717) is 13.0 Å². The van der Waals surface area contributed by atoms with Crippen LogP contribution in [0.4, 0.5) is 4.79 Å². The van der Waals surface area contributed by atoms with Crippen molar-refractivity contribution in [1.29, 1.82) is 0 Å². The summed E-state index contributed by atoms with van der Waals surface area (Å²) in [5.74, 6) is 0.307. The molecule has 1 aliphatic heterocycles. The number of amides is 4. The maximum absolute atomic E-state index is 11.6. The van der Waals surface area contributed by atoms with Crippen molar-refractivity contribution in [2.75, 3.05) is 12.3 Å². The summed E-state index contributed by atoms with van der Waals surface area (Å²) in [6, 6.07) is 8.86. The number of rotatable bonds is 7. The van der Waals surface area contributed by atoms with E-state index < -0.39 is 12.1 Å². The van der Waals surface area contributed by atoms with Crippen molar-refractivity contribution in [1.82, 2.24) is 16.0 Å². The van der Waals surface area contributed by atoms with Crippen molar-refractivity contribution in [3.63, 3.8) is 0 Å².